The van der Waals surface area contributed by atoms with E-state index in [0.29, 0.717) is 0 Å². The van der Waals surface area contributed by atoms with Crippen LogP contribution in [0.1, 0.15) is 0 Å². The summed E-state index contributed by atoms with van der Waals surface area (Å²) < 4.78 is 15.5. The highest BCUT2D eigenvalue weighted by Crippen LogP contribution is 2.47. The smallest absolute Gasteiger partial charge is 0.143 e. The first-order valence-corrected chi connectivity index (χ1v) is 17.7. The van der Waals surface area contributed by atoms with Crippen molar-refractivity contribution in [3.05, 3.63) is 164 Å². The lowest BCUT2D eigenvalue weighted by atomic mass is 9.99. The Morgan fingerprint density at radius 3 is 2.18 bits per heavy atom. The molecule has 4 heteroatoms. The molecule has 0 aliphatic heterocycles. The first-order chi connectivity index (χ1) is 24.8. The Hall–Kier alpha value is -6.36. The van der Waals surface area contributed by atoms with Crippen LogP contribution in [-0.2, 0) is 0 Å². The SMILES string of the molecule is c1ccc(N(c2ccc3c(c2)oc2ccc4ccccc4c23)c2cccc3sc4ccc(-c5cccc6c5oc5ccccc56)cc4c23)cc1. The minimum absolute atomic E-state index is 0.873. The summed E-state index contributed by atoms with van der Waals surface area (Å²) in [6.07, 6.45) is 0. The predicted molar refractivity (Wildman–Crippen MR) is 212 cm³/mol. The molecule has 0 unspecified atom stereocenters. The first kappa shape index (κ1) is 27.6. The standard InChI is InChI=1S/C46H27NO2S/c1-2-11-30(12-3-1)47(31-22-23-36-41(27-31)48-40-24-20-28-10-4-5-13-32(28)44(36)40)38-17-9-19-43-45(38)37-26-29(21-25-42(37)50-43)33-15-8-16-35-34-14-6-7-18-39(34)49-46(33)35/h1-27H. The molecule has 0 aliphatic rings. The van der Waals surface area contributed by atoms with Crippen LogP contribution in [0, 0.1) is 0 Å². The fourth-order valence-corrected chi connectivity index (χ4v) is 8.92. The van der Waals surface area contributed by atoms with Crippen LogP contribution in [0.25, 0.3) is 85.9 Å². The molecule has 0 amide bonds. The normalized spacial score (nSPS) is 12.0. The number of anilines is 3. The maximum absolute atomic E-state index is 6.55. The van der Waals surface area contributed by atoms with Crippen LogP contribution >= 0.6 is 11.3 Å². The zero-order chi connectivity index (χ0) is 32.8. The lowest BCUT2D eigenvalue weighted by Gasteiger charge is -2.26. The molecule has 0 N–H and O–H groups in total. The third-order valence-corrected chi connectivity index (χ3v) is 11.2. The summed E-state index contributed by atoms with van der Waals surface area (Å²) in [7, 11) is 0. The highest BCUT2D eigenvalue weighted by Gasteiger charge is 2.21. The molecule has 0 fully saturated rings. The summed E-state index contributed by atoms with van der Waals surface area (Å²) in [6, 6.07) is 58.3. The van der Waals surface area contributed by atoms with Crippen molar-refractivity contribution in [3.8, 4) is 11.1 Å². The van der Waals surface area contributed by atoms with Crippen molar-refractivity contribution in [3.63, 3.8) is 0 Å². The van der Waals surface area contributed by atoms with Crippen LogP contribution in [0.3, 0.4) is 0 Å². The third kappa shape index (κ3) is 4.03. The molecule has 0 radical (unpaired) electrons. The average molecular weight is 658 g/mol. The van der Waals surface area contributed by atoms with Gasteiger partial charge in [0.2, 0.25) is 0 Å². The van der Waals surface area contributed by atoms with E-state index in [9.17, 15) is 0 Å². The summed E-state index contributed by atoms with van der Waals surface area (Å²) in [5.41, 5.74) is 9.10. The largest absolute Gasteiger partial charge is 0.456 e. The van der Waals surface area contributed by atoms with Crippen LogP contribution in [-0.4, -0.2) is 0 Å². The zero-order valence-corrected chi connectivity index (χ0v) is 27.6. The highest BCUT2D eigenvalue weighted by atomic mass is 32.1. The van der Waals surface area contributed by atoms with E-state index in [2.05, 4.69) is 157 Å². The molecule has 3 aromatic heterocycles. The second-order valence-electron chi connectivity index (χ2n) is 12.9. The maximum atomic E-state index is 6.55. The van der Waals surface area contributed by atoms with Crippen LogP contribution in [0.15, 0.2) is 173 Å². The van der Waals surface area contributed by atoms with E-state index in [4.69, 9.17) is 8.83 Å². The van der Waals surface area contributed by atoms with Crippen molar-refractivity contribution >= 4 is 103 Å². The minimum Gasteiger partial charge on any atom is -0.456 e. The van der Waals surface area contributed by atoms with Gasteiger partial charge in [-0.15, -0.1) is 11.3 Å². The molecular weight excluding hydrogens is 631 g/mol. The van der Waals surface area contributed by atoms with Gasteiger partial charge >= 0.3 is 0 Å². The molecule has 3 heterocycles. The van der Waals surface area contributed by atoms with Gasteiger partial charge < -0.3 is 13.7 Å². The molecule has 11 aromatic rings. The summed E-state index contributed by atoms with van der Waals surface area (Å²) in [4.78, 5) is 2.37. The number of hydrogen-bond acceptors (Lipinski definition) is 4. The number of nitrogens with zero attached hydrogens (tertiary/aromatic N) is 1. The number of furan rings is 2. The molecule has 234 valence electrons. The summed E-state index contributed by atoms with van der Waals surface area (Å²) >= 11 is 1.83. The Morgan fingerprint density at radius 1 is 0.420 bits per heavy atom. The Labute approximate surface area is 290 Å². The van der Waals surface area contributed by atoms with Gasteiger partial charge in [-0.25, -0.2) is 0 Å². The third-order valence-electron chi connectivity index (χ3n) is 10.0. The van der Waals surface area contributed by atoms with E-state index < -0.39 is 0 Å². The van der Waals surface area contributed by atoms with Crippen molar-refractivity contribution in [1.82, 2.24) is 0 Å². The Kier molecular flexibility index (Phi) is 5.83. The Balaban J connectivity index is 1.14. The van der Waals surface area contributed by atoms with Crippen LogP contribution in [0.4, 0.5) is 17.1 Å². The number of thiophene rings is 1. The second-order valence-corrected chi connectivity index (χ2v) is 13.9. The molecule has 3 nitrogen and oxygen atoms in total. The second kappa shape index (κ2) is 10.6. The fraction of sp³-hybridized carbons (Fsp3) is 0. The predicted octanol–water partition coefficient (Wildman–Crippen LogP) is 14.1. The lowest BCUT2D eigenvalue weighted by molar-refractivity contribution is 0.669. The van der Waals surface area contributed by atoms with Gasteiger partial charge in [0, 0.05) is 64.7 Å². The number of hydrogen-bond donors (Lipinski definition) is 0. The summed E-state index contributed by atoms with van der Waals surface area (Å²) in [5.74, 6) is 0. The van der Waals surface area contributed by atoms with Crippen LogP contribution in [0.5, 0.6) is 0 Å². The van der Waals surface area contributed by atoms with Crippen molar-refractivity contribution in [2.45, 2.75) is 0 Å². The van der Waals surface area contributed by atoms with Crippen molar-refractivity contribution < 1.29 is 8.83 Å². The van der Waals surface area contributed by atoms with Gasteiger partial charge in [0.1, 0.15) is 22.3 Å². The molecule has 0 saturated heterocycles. The lowest BCUT2D eigenvalue weighted by Crippen LogP contribution is -2.10. The van der Waals surface area contributed by atoms with Gasteiger partial charge in [0.15, 0.2) is 0 Å². The Morgan fingerprint density at radius 2 is 1.24 bits per heavy atom. The van der Waals surface area contributed by atoms with Gasteiger partial charge in [-0.2, -0.15) is 0 Å². The zero-order valence-electron chi connectivity index (χ0n) is 26.8. The quantitative estimate of drug-likeness (QED) is 0.189. The molecule has 0 aliphatic carbocycles. The van der Waals surface area contributed by atoms with E-state index >= 15 is 0 Å². The van der Waals surface area contributed by atoms with E-state index in [1.807, 2.05) is 23.5 Å². The van der Waals surface area contributed by atoms with Crippen molar-refractivity contribution in [2.24, 2.45) is 0 Å². The van der Waals surface area contributed by atoms with Gasteiger partial charge in [0.05, 0.1) is 5.69 Å². The van der Waals surface area contributed by atoms with Gasteiger partial charge in [0.25, 0.3) is 0 Å². The molecule has 0 saturated carbocycles. The van der Waals surface area contributed by atoms with Crippen molar-refractivity contribution in [2.75, 3.05) is 4.90 Å². The minimum atomic E-state index is 0.873. The molecule has 0 atom stereocenters. The maximum Gasteiger partial charge on any atom is 0.143 e. The Bertz CT molecular complexity index is 3110. The molecule has 50 heavy (non-hydrogen) atoms. The first-order valence-electron chi connectivity index (χ1n) is 16.8. The van der Waals surface area contributed by atoms with E-state index in [1.54, 1.807) is 0 Å². The highest BCUT2D eigenvalue weighted by molar-refractivity contribution is 7.26. The summed E-state index contributed by atoms with van der Waals surface area (Å²) in [5, 5.41) is 9.44. The van der Waals surface area contributed by atoms with E-state index in [1.165, 1.54) is 30.9 Å². The van der Waals surface area contributed by atoms with Gasteiger partial charge in [-0.1, -0.05) is 97.1 Å². The topological polar surface area (TPSA) is 29.5 Å². The molecule has 0 spiro atoms. The van der Waals surface area contributed by atoms with Crippen LogP contribution in [0.2, 0.25) is 0 Å². The number of para-hydroxylation sites is 3. The van der Waals surface area contributed by atoms with Crippen LogP contribution < -0.4 is 4.90 Å². The van der Waals surface area contributed by atoms with E-state index in [-0.39, 0.29) is 0 Å². The monoisotopic (exact) mass is 657 g/mol. The van der Waals surface area contributed by atoms with E-state index in [0.717, 1.165) is 72.1 Å². The van der Waals surface area contributed by atoms with Gasteiger partial charge in [-0.05, 0) is 77.0 Å². The molecule has 11 rings (SSSR count). The molecule has 8 aromatic carbocycles. The molecule has 0 bridgehead atoms. The average Bonchev–Trinajstić information content (AvgIpc) is 3.86. The molecular formula is C46H27NO2S. The van der Waals surface area contributed by atoms with Gasteiger partial charge in [-0.3, -0.25) is 0 Å². The number of fused-ring (bicyclic) bond motifs is 11. The fourth-order valence-electron chi connectivity index (χ4n) is 7.81. The number of benzene rings is 8. The van der Waals surface area contributed by atoms with Crippen molar-refractivity contribution in [1.29, 1.82) is 0 Å². The summed E-state index contributed by atoms with van der Waals surface area (Å²) in [6.45, 7) is 0. The number of rotatable bonds is 4.